The molecule has 1 atom stereocenters. The molecule has 1 aromatic carbocycles. The van der Waals surface area contributed by atoms with E-state index in [1.165, 1.54) is 0 Å². The Morgan fingerprint density at radius 3 is 2.58 bits per heavy atom. The highest BCUT2D eigenvalue weighted by Gasteiger charge is 2.15. The van der Waals surface area contributed by atoms with Crippen LogP contribution in [0.4, 0.5) is 0 Å². The van der Waals surface area contributed by atoms with Crippen LogP contribution in [0.1, 0.15) is 6.92 Å². The molecule has 1 heterocycles. The molecular weight excluding hydrogens is 264 g/mol. The van der Waals surface area contributed by atoms with Crippen LogP contribution in [0.25, 0.3) is 0 Å². The summed E-state index contributed by atoms with van der Waals surface area (Å²) in [5.74, 6) is 0.718. The molecule has 1 aromatic rings. The van der Waals surface area contributed by atoms with Crippen LogP contribution < -0.4 is 4.74 Å². The predicted molar refractivity (Wildman–Crippen MR) is 76.0 cm³/mol. The van der Waals surface area contributed by atoms with Crippen LogP contribution >= 0.6 is 11.6 Å². The summed E-state index contributed by atoms with van der Waals surface area (Å²) in [7, 11) is 0. The summed E-state index contributed by atoms with van der Waals surface area (Å²) in [6.07, 6.45) is 3.51. The molecule has 0 amide bonds. The third-order valence-electron chi connectivity index (χ3n) is 2.96. The molecule has 104 valence electrons. The number of ether oxygens (including phenoxy) is 1. The molecule has 0 saturated heterocycles. The second-order valence-corrected chi connectivity index (χ2v) is 4.97. The van der Waals surface area contributed by atoms with Crippen LogP contribution in [-0.4, -0.2) is 47.4 Å². The summed E-state index contributed by atoms with van der Waals surface area (Å²) in [5.41, 5.74) is 0. The highest BCUT2D eigenvalue weighted by atomic mass is 35.5. The molecule has 0 radical (unpaired) electrons. The molecule has 0 saturated carbocycles. The third kappa shape index (κ3) is 4.33. The Kier molecular flexibility index (Phi) is 4.93. The molecule has 1 N–H and O–H groups in total. The Hall–Kier alpha value is -1.39. The van der Waals surface area contributed by atoms with E-state index in [9.17, 15) is 5.11 Å². The Bertz CT molecular complexity index is 422. The summed E-state index contributed by atoms with van der Waals surface area (Å²) in [5, 5.41) is 10.6. The van der Waals surface area contributed by atoms with Gasteiger partial charge in [-0.25, -0.2) is 0 Å². The van der Waals surface area contributed by atoms with Gasteiger partial charge >= 0.3 is 0 Å². The van der Waals surface area contributed by atoms with E-state index in [0.29, 0.717) is 11.6 Å². The number of hydrogen-bond acceptors (Lipinski definition) is 4. The van der Waals surface area contributed by atoms with Crippen molar-refractivity contribution >= 4 is 11.6 Å². The number of benzene rings is 1. The van der Waals surface area contributed by atoms with Gasteiger partial charge in [-0.2, -0.15) is 0 Å². The standard InChI is InChI=1S/C14H19ClN2O2/c1-2-16-7-8-17(11-16)9-13(18)10-19-14-5-3-12(15)4-6-14/h3-8,13,18H,2,9-11H2,1H3. The van der Waals surface area contributed by atoms with Crippen molar-refractivity contribution in [2.45, 2.75) is 13.0 Å². The van der Waals surface area contributed by atoms with Crippen molar-refractivity contribution in [3.8, 4) is 5.75 Å². The Morgan fingerprint density at radius 1 is 1.26 bits per heavy atom. The smallest absolute Gasteiger partial charge is 0.119 e. The minimum atomic E-state index is -0.517. The molecule has 19 heavy (non-hydrogen) atoms. The number of rotatable bonds is 6. The molecule has 2 rings (SSSR count). The summed E-state index contributed by atoms with van der Waals surface area (Å²) in [4.78, 5) is 4.24. The Balaban J connectivity index is 1.71. The van der Waals surface area contributed by atoms with Gasteiger partial charge in [-0.3, -0.25) is 0 Å². The fraction of sp³-hybridized carbons (Fsp3) is 0.429. The number of halogens is 1. The zero-order valence-corrected chi connectivity index (χ0v) is 11.8. The van der Waals surface area contributed by atoms with E-state index in [4.69, 9.17) is 16.3 Å². The van der Waals surface area contributed by atoms with Gasteiger partial charge in [0.2, 0.25) is 0 Å². The van der Waals surface area contributed by atoms with Crippen LogP contribution in [0.2, 0.25) is 5.02 Å². The summed E-state index contributed by atoms with van der Waals surface area (Å²) in [6.45, 7) is 4.76. The summed E-state index contributed by atoms with van der Waals surface area (Å²) >= 11 is 5.79. The van der Waals surface area contributed by atoms with E-state index in [0.717, 1.165) is 19.0 Å². The predicted octanol–water partition coefficient (Wildman–Crippen LogP) is 2.15. The van der Waals surface area contributed by atoms with Crippen LogP contribution in [0.15, 0.2) is 36.7 Å². The Morgan fingerprint density at radius 2 is 1.95 bits per heavy atom. The fourth-order valence-corrected chi connectivity index (χ4v) is 2.01. The lowest BCUT2D eigenvalue weighted by molar-refractivity contribution is 0.0768. The third-order valence-corrected chi connectivity index (χ3v) is 3.21. The molecule has 1 unspecified atom stereocenters. The molecule has 1 aliphatic heterocycles. The van der Waals surface area contributed by atoms with Crippen molar-refractivity contribution in [2.24, 2.45) is 0 Å². The highest BCUT2D eigenvalue weighted by molar-refractivity contribution is 6.30. The van der Waals surface area contributed by atoms with Crippen molar-refractivity contribution in [1.82, 2.24) is 9.80 Å². The molecule has 1 aliphatic rings. The fourth-order valence-electron chi connectivity index (χ4n) is 1.89. The number of β-amino-alcohol motifs (C(OH)–C–C–N with tert-alkyl or cyclic N) is 1. The average molecular weight is 283 g/mol. The summed E-state index contributed by atoms with van der Waals surface area (Å²) < 4.78 is 5.51. The van der Waals surface area contributed by atoms with Crippen molar-refractivity contribution in [3.05, 3.63) is 41.7 Å². The van der Waals surface area contributed by atoms with Gasteiger partial charge in [0.05, 0.1) is 6.67 Å². The van der Waals surface area contributed by atoms with E-state index in [1.807, 2.05) is 12.4 Å². The van der Waals surface area contributed by atoms with Gasteiger partial charge in [0, 0.05) is 30.5 Å². The van der Waals surface area contributed by atoms with Gasteiger partial charge in [0.1, 0.15) is 18.5 Å². The number of hydrogen-bond donors (Lipinski definition) is 1. The topological polar surface area (TPSA) is 35.9 Å². The van der Waals surface area contributed by atoms with Crippen LogP contribution in [-0.2, 0) is 0 Å². The van der Waals surface area contributed by atoms with Gasteiger partial charge in [-0.05, 0) is 31.2 Å². The van der Waals surface area contributed by atoms with Crippen molar-refractivity contribution in [3.63, 3.8) is 0 Å². The SMILES string of the molecule is CCN1C=CN(CC(O)COc2ccc(Cl)cc2)C1. The van der Waals surface area contributed by atoms with Gasteiger partial charge in [-0.1, -0.05) is 11.6 Å². The van der Waals surface area contributed by atoms with Gasteiger partial charge in [0.15, 0.2) is 0 Å². The normalized spacial score (nSPS) is 15.9. The van der Waals surface area contributed by atoms with Crippen LogP contribution in [0.3, 0.4) is 0 Å². The van der Waals surface area contributed by atoms with Gasteiger partial charge in [-0.15, -0.1) is 0 Å². The lowest BCUT2D eigenvalue weighted by Gasteiger charge is -2.22. The summed E-state index contributed by atoms with van der Waals surface area (Å²) in [6, 6.07) is 7.13. The van der Waals surface area contributed by atoms with E-state index in [-0.39, 0.29) is 6.61 Å². The first-order valence-electron chi connectivity index (χ1n) is 6.40. The van der Waals surface area contributed by atoms with Crippen molar-refractivity contribution in [1.29, 1.82) is 0 Å². The van der Waals surface area contributed by atoms with Gasteiger partial charge < -0.3 is 19.6 Å². The molecule has 0 spiro atoms. The molecular formula is C14H19ClN2O2. The number of aliphatic hydroxyl groups is 1. The second-order valence-electron chi connectivity index (χ2n) is 4.53. The van der Waals surface area contributed by atoms with Gasteiger partial charge in [0.25, 0.3) is 0 Å². The van der Waals surface area contributed by atoms with Crippen molar-refractivity contribution in [2.75, 3.05) is 26.4 Å². The van der Waals surface area contributed by atoms with E-state index in [1.54, 1.807) is 24.3 Å². The van der Waals surface area contributed by atoms with Crippen molar-refractivity contribution < 1.29 is 9.84 Å². The van der Waals surface area contributed by atoms with Crippen LogP contribution in [0.5, 0.6) is 5.75 Å². The molecule has 0 bridgehead atoms. The number of aliphatic hydroxyl groups excluding tert-OH is 1. The lowest BCUT2D eigenvalue weighted by atomic mass is 10.3. The van der Waals surface area contributed by atoms with E-state index >= 15 is 0 Å². The van der Waals surface area contributed by atoms with Crippen LogP contribution in [0, 0.1) is 0 Å². The zero-order chi connectivity index (χ0) is 13.7. The minimum absolute atomic E-state index is 0.276. The molecule has 4 nitrogen and oxygen atoms in total. The zero-order valence-electron chi connectivity index (χ0n) is 11.0. The maximum atomic E-state index is 9.94. The van der Waals surface area contributed by atoms with E-state index < -0.39 is 6.10 Å². The first-order chi connectivity index (χ1) is 9.17. The maximum Gasteiger partial charge on any atom is 0.119 e. The lowest BCUT2D eigenvalue weighted by Crippen LogP contribution is -2.34. The first-order valence-corrected chi connectivity index (χ1v) is 6.78. The molecule has 5 heteroatoms. The molecule has 0 fully saturated rings. The highest BCUT2D eigenvalue weighted by Crippen LogP contribution is 2.16. The largest absolute Gasteiger partial charge is 0.491 e. The minimum Gasteiger partial charge on any atom is -0.491 e. The molecule has 0 aromatic heterocycles. The monoisotopic (exact) mass is 282 g/mol. The quantitative estimate of drug-likeness (QED) is 0.867. The second kappa shape index (κ2) is 6.68. The first kappa shape index (κ1) is 14.0. The Labute approximate surface area is 118 Å². The number of nitrogens with zero attached hydrogens (tertiary/aromatic N) is 2. The molecule has 0 aliphatic carbocycles. The maximum absolute atomic E-state index is 9.94. The average Bonchev–Trinajstić information content (AvgIpc) is 2.86. The van der Waals surface area contributed by atoms with E-state index in [2.05, 4.69) is 16.7 Å².